The number of aromatic nitrogens is 2. The summed E-state index contributed by atoms with van der Waals surface area (Å²) in [6.07, 6.45) is 1.59. The highest BCUT2D eigenvalue weighted by atomic mass is 79.9. The molecule has 0 aliphatic heterocycles. The number of nitrogens with zero attached hydrogens (tertiary/aromatic N) is 2. The van der Waals surface area contributed by atoms with Crippen LogP contribution in [0.4, 0.5) is 4.39 Å². The standard InChI is InChI=1S/C13H12BrFN2O/c1-3-17-12(10(14)7-16-17)13(18)9-4-5-11(15)8(2)6-9/h4-7H,3H2,1-2H3. The number of hydrogen-bond acceptors (Lipinski definition) is 2. The van der Waals surface area contributed by atoms with Crippen LogP contribution in [0.25, 0.3) is 0 Å². The molecule has 1 aromatic carbocycles. The Morgan fingerprint density at radius 3 is 2.83 bits per heavy atom. The number of benzene rings is 1. The van der Waals surface area contributed by atoms with Gasteiger partial charge in [0.05, 0.1) is 10.7 Å². The van der Waals surface area contributed by atoms with Crippen LogP contribution in [0.2, 0.25) is 0 Å². The quantitative estimate of drug-likeness (QED) is 0.815. The van der Waals surface area contributed by atoms with E-state index in [-0.39, 0.29) is 11.6 Å². The van der Waals surface area contributed by atoms with E-state index in [1.807, 2.05) is 6.92 Å². The van der Waals surface area contributed by atoms with E-state index in [9.17, 15) is 9.18 Å². The molecule has 0 radical (unpaired) electrons. The average molecular weight is 311 g/mol. The van der Waals surface area contributed by atoms with Gasteiger partial charge in [0.2, 0.25) is 5.78 Å². The van der Waals surface area contributed by atoms with E-state index in [4.69, 9.17) is 0 Å². The number of rotatable bonds is 3. The second kappa shape index (κ2) is 5.02. The van der Waals surface area contributed by atoms with E-state index < -0.39 is 0 Å². The SMILES string of the molecule is CCn1ncc(Br)c1C(=O)c1ccc(F)c(C)c1. The van der Waals surface area contributed by atoms with Crippen LogP contribution in [0.3, 0.4) is 0 Å². The van der Waals surface area contributed by atoms with E-state index in [0.717, 1.165) is 0 Å². The average Bonchev–Trinajstić information content (AvgIpc) is 2.73. The summed E-state index contributed by atoms with van der Waals surface area (Å²) in [7, 11) is 0. The van der Waals surface area contributed by atoms with Gasteiger partial charge in [0.15, 0.2) is 0 Å². The molecule has 0 saturated carbocycles. The van der Waals surface area contributed by atoms with Gasteiger partial charge in [-0.1, -0.05) is 0 Å². The fraction of sp³-hybridized carbons (Fsp3) is 0.231. The van der Waals surface area contributed by atoms with Crippen molar-refractivity contribution in [1.29, 1.82) is 0 Å². The van der Waals surface area contributed by atoms with Gasteiger partial charge in [-0.15, -0.1) is 0 Å². The van der Waals surface area contributed by atoms with Crippen molar-refractivity contribution >= 4 is 21.7 Å². The van der Waals surface area contributed by atoms with Crippen molar-refractivity contribution in [2.45, 2.75) is 20.4 Å². The van der Waals surface area contributed by atoms with Crippen molar-refractivity contribution in [3.63, 3.8) is 0 Å². The number of halogens is 2. The molecule has 18 heavy (non-hydrogen) atoms. The summed E-state index contributed by atoms with van der Waals surface area (Å²) in [6, 6.07) is 4.35. The predicted octanol–water partition coefficient (Wildman–Crippen LogP) is 3.34. The van der Waals surface area contributed by atoms with E-state index in [2.05, 4.69) is 21.0 Å². The number of carbonyl (C=O) groups excluding carboxylic acids is 1. The van der Waals surface area contributed by atoms with Gasteiger partial charge in [-0.2, -0.15) is 5.10 Å². The summed E-state index contributed by atoms with van der Waals surface area (Å²) in [5.74, 6) is -0.473. The second-order valence-corrected chi connectivity index (χ2v) is 4.80. The highest BCUT2D eigenvalue weighted by molar-refractivity contribution is 9.10. The molecule has 0 spiro atoms. The summed E-state index contributed by atoms with van der Waals surface area (Å²) in [6.45, 7) is 4.15. The zero-order valence-corrected chi connectivity index (χ0v) is 11.7. The van der Waals surface area contributed by atoms with Crippen molar-refractivity contribution in [1.82, 2.24) is 9.78 Å². The van der Waals surface area contributed by atoms with Crippen LogP contribution in [-0.2, 0) is 6.54 Å². The van der Waals surface area contributed by atoms with E-state index >= 15 is 0 Å². The van der Waals surface area contributed by atoms with Crippen molar-refractivity contribution in [3.8, 4) is 0 Å². The lowest BCUT2D eigenvalue weighted by Crippen LogP contribution is -2.11. The molecule has 2 aromatic rings. The predicted molar refractivity (Wildman–Crippen MR) is 70.2 cm³/mol. The highest BCUT2D eigenvalue weighted by Crippen LogP contribution is 2.21. The summed E-state index contributed by atoms with van der Waals surface area (Å²) < 4.78 is 15.5. The summed E-state index contributed by atoms with van der Waals surface area (Å²) in [5, 5.41) is 4.10. The van der Waals surface area contributed by atoms with Gasteiger partial charge >= 0.3 is 0 Å². The Bertz CT molecular complexity index is 607. The molecular formula is C13H12BrFN2O. The van der Waals surface area contributed by atoms with Gasteiger partial charge in [-0.05, 0) is 53.5 Å². The van der Waals surface area contributed by atoms with Crippen molar-refractivity contribution < 1.29 is 9.18 Å². The van der Waals surface area contributed by atoms with Gasteiger partial charge in [0.25, 0.3) is 0 Å². The van der Waals surface area contributed by atoms with Crippen LogP contribution in [0.15, 0.2) is 28.9 Å². The smallest absolute Gasteiger partial charge is 0.212 e. The first-order valence-electron chi connectivity index (χ1n) is 5.56. The Kier molecular flexibility index (Phi) is 3.61. The lowest BCUT2D eigenvalue weighted by atomic mass is 10.1. The van der Waals surface area contributed by atoms with Gasteiger partial charge in [-0.25, -0.2) is 4.39 Å². The van der Waals surface area contributed by atoms with Crippen LogP contribution in [0.5, 0.6) is 0 Å². The largest absolute Gasteiger partial charge is 0.287 e. The topological polar surface area (TPSA) is 34.9 Å². The lowest BCUT2D eigenvalue weighted by molar-refractivity contribution is 0.102. The van der Waals surface area contributed by atoms with E-state index in [0.29, 0.717) is 27.8 Å². The highest BCUT2D eigenvalue weighted by Gasteiger charge is 2.18. The number of aryl methyl sites for hydroxylation is 2. The normalized spacial score (nSPS) is 10.7. The molecule has 0 bridgehead atoms. The van der Waals surface area contributed by atoms with Crippen LogP contribution in [-0.4, -0.2) is 15.6 Å². The van der Waals surface area contributed by atoms with Crippen LogP contribution >= 0.6 is 15.9 Å². The van der Waals surface area contributed by atoms with Gasteiger partial charge in [-0.3, -0.25) is 9.48 Å². The maximum Gasteiger partial charge on any atom is 0.212 e. The molecule has 0 unspecified atom stereocenters. The summed E-state index contributed by atoms with van der Waals surface area (Å²) >= 11 is 3.31. The molecule has 1 heterocycles. The minimum atomic E-state index is -0.311. The van der Waals surface area contributed by atoms with Gasteiger partial charge < -0.3 is 0 Å². The second-order valence-electron chi connectivity index (χ2n) is 3.95. The van der Waals surface area contributed by atoms with Crippen LogP contribution in [0.1, 0.15) is 28.5 Å². The first-order chi connectivity index (χ1) is 8.54. The molecule has 0 aliphatic rings. The Balaban J connectivity index is 2.47. The molecule has 3 nitrogen and oxygen atoms in total. The zero-order valence-electron chi connectivity index (χ0n) is 10.1. The van der Waals surface area contributed by atoms with Gasteiger partial charge in [0, 0.05) is 12.1 Å². The third-order valence-electron chi connectivity index (χ3n) is 2.73. The third-order valence-corrected chi connectivity index (χ3v) is 3.31. The molecule has 2 rings (SSSR count). The zero-order chi connectivity index (χ0) is 13.3. The van der Waals surface area contributed by atoms with Gasteiger partial charge in [0.1, 0.15) is 11.5 Å². The fourth-order valence-electron chi connectivity index (χ4n) is 1.75. The van der Waals surface area contributed by atoms with E-state index in [1.54, 1.807) is 23.9 Å². The number of ketones is 1. The van der Waals surface area contributed by atoms with E-state index in [1.165, 1.54) is 12.1 Å². The summed E-state index contributed by atoms with van der Waals surface area (Å²) in [4.78, 5) is 12.4. The molecule has 0 N–H and O–H groups in total. The molecular weight excluding hydrogens is 299 g/mol. The molecule has 0 saturated heterocycles. The molecule has 0 amide bonds. The number of hydrogen-bond donors (Lipinski definition) is 0. The molecule has 1 aromatic heterocycles. The van der Waals surface area contributed by atoms with Crippen LogP contribution in [0, 0.1) is 12.7 Å². The minimum Gasteiger partial charge on any atom is -0.287 e. The van der Waals surface area contributed by atoms with Crippen molar-refractivity contribution in [2.75, 3.05) is 0 Å². The van der Waals surface area contributed by atoms with Crippen molar-refractivity contribution in [3.05, 3.63) is 51.5 Å². The lowest BCUT2D eigenvalue weighted by Gasteiger charge is -2.06. The maximum atomic E-state index is 13.2. The first-order valence-corrected chi connectivity index (χ1v) is 6.36. The maximum absolute atomic E-state index is 13.2. The summed E-state index contributed by atoms with van der Waals surface area (Å²) in [5.41, 5.74) is 1.41. The fourth-order valence-corrected chi connectivity index (χ4v) is 2.23. The molecule has 0 fully saturated rings. The Morgan fingerprint density at radius 2 is 2.22 bits per heavy atom. The molecule has 0 atom stereocenters. The minimum absolute atomic E-state index is 0.163. The number of carbonyl (C=O) groups is 1. The first kappa shape index (κ1) is 13.0. The monoisotopic (exact) mass is 310 g/mol. The Morgan fingerprint density at radius 1 is 1.50 bits per heavy atom. The van der Waals surface area contributed by atoms with Crippen LogP contribution < -0.4 is 0 Å². The molecule has 94 valence electrons. The Hall–Kier alpha value is -1.49. The third kappa shape index (κ3) is 2.22. The Labute approximate surface area is 113 Å². The van der Waals surface area contributed by atoms with Crippen molar-refractivity contribution in [2.24, 2.45) is 0 Å². The molecule has 5 heteroatoms. The molecule has 0 aliphatic carbocycles.